The van der Waals surface area contributed by atoms with Crippen molar-refractivity contribution in [1.82, 2.24) is 5.32 Å². The second-order valence-corrected chi connectivity index (χ2v) is 4.36. The van der Waals surface area contributed by atoms with Crippen molar-refractivity contribution in [2.24, 2.45) is 4.99 Å². The quantitative estimate of drug-likeness (QED) is 0.645. The summed E-state index contributed by atoms with van der Waals surface area (Å²) in [5.74, 6) is -1.14. The fraction of sp³-hybridized carbons (Fsp3) is 0.231. The summed E-state index contributed by atoms with van der Waals surface area (Å²) < 4.78 is 5.00. The van der Waals surface area contributed by atoms with Gasteiger partial charge in [-0.2, -0.15) is 0 Å². The molecule has 21 heavy (non-hydrogen) atoms. The number of allylic oxidation sites excluding steroid dienone is 1. The van der Waals surface area contributed by atoms with E-state index in [0.717, 1.165) is 0 Å². The first kappa shape index (κ1) is 14.5. The molecule has 1 aromatic rings. The van der Waals surface area contributed by atoms with Crippen LogP contribution in [0.25, 0.3) is 0 Å². The molecule has 1 heterocycles. The van der Waals surface area contributed by atoms with Gasteiger partial charge in [-0.25, -0.2) is 9.79 Å². The highest BCUT2D eigenvalue weighted by atomic mass is 16.6. The number of nitrogens with one attached hydrogen (secondary N) is 1. The molecular formula is C13H13N3O5. The average molecular weight is 291 g/mol. The number of nitrogens with zero attached hydrogens (tertiary/aromatic N) is 2. The molecule has 0 fully saturated rings. The van der Waals surface area contributed by atoms with E-state index < -0.39 is 16.9 Å². The Balaban J connectivity index is 2.54. The van der Waals surface area contributed by atoms with Crippen LogP contribution in [0.1, 0.15) is 18.5 Å². The fourth-order valence-electron chi connectivity index (χ4n) is 2.08. The van der Waals surface area contributed by atoms with E-state index in [9.17, 15) is 20.0 Å². The summed E-state index contributed by atoms with van der Waals surface area (Å²) in [6, 6.07) is 5.03. The molecule has 0 aromatic heterocycles. The zero-order chi connectivity index (χ0) is 15.6. The van der Waals surface area contributed by atoms with Crippen LogP contribution in [-0.4, -0.2) is 29.1 Å². The van der Waals surface area contributed by atoms with Crippen molar-refractivity contribution >= 4 is 17.7 Å². The van der Waals surface area contributed by atoms with Crippen molar-refractivity contribution in [3.63, 3.8) is 0 Å². The molecule has 0 saturated carbocycles. The first-order valence-corrected chi connectivity index (χ1v) is 6.01. The highest BCUT2D eigenvalue weighted by Crippen LogP contribution is 2.32. The zero-order valence-electron chi connectivity index (χ0n) is 11.4. The van der Waals surface area contributed by atoms with Crippen LogP contribution >= 0.6 is 0 Å². The third-order valence-electron chi connectivity index (χ3n) is 3.04. The standard InChI is InChI=1S/C13H13N3O5/c1-7-10(12(17)18)11(15-13(14-7)21-2)8-4-3-5-9(6-8)16(19)20/h3-6,11H,1-2H3,(H,14,15)(H,17,18). The molecule has 0 bridgehead atoms. The summed E-state index contributed by atoms with van der Waals surface area (Å²) >= 11 is 0. The van der Waals surface area contributed by atoms with Gasteiger partial charge in [-0.1, -0.05) is 12.1 Å². The molecule has 2 rings (SSSR count). The number of rotatable bonds is 3. The van der Waals surface area contributed by atoms with Gasteiger partial charge in [0.25, 0.3) is 11.7 Å². The minimum atomic E-state index is -1.14. The van der Waals surface area contributed by atoms with Crippen molar-refractivity contribution in [3.05, 3.63) is 51.2 Å². The summed E-state index contributed by atoms with van der Waals surface area (Å²) in [5.41, 5.74) is 0.696. The van der Waals surface area contributed by atoms with Gasteiger partial charge in [0.05, 0.1) is 17.6 Å². The largest absolute Gasteiger partial charge is 0.478 e. The second-order valence-electron chi connectivity index (χ2n) is 4.36. The van der Waals surface area contributed by atoms with Crippen molar-refractivity contribution in [3.8, 4) is 0 Å². The molecule has 0 saturated heterocycles. The lowest BCUT2D eigenvalue weighted by molar-refractivity contribution is -0.384. The molecule has 2 N–H and O–H groups in total. The molecule has 0 amide bonds. The molecule has 110 valence electrons. The molecule has 1 unspecified atom stereocenters. The summed E-state index contributed by atoms with van der Waals surface area (Å²) in [5, 5.41) is 22.9. The Labute approximate surface area is 119 Å². The van der Waals surface area contributed by atoms with E-state index in [4.69, 9.17) is 4.74 Å². The normalized spacial score (nSPS) is 17.8. The Kier molecular flexibility index (Phi) is 3.88. The van der Waals surface area contributed by atoms with Crippen molar-refractivity contribution in [2.45, 2.75) is 13.0 Å². The third kappa shape index (κ3) is 2.83. The van der Waals surface area contributed by atoms with Gasteiger partial charge in [-0.05, 0) is 12.5 Å². The van der Waals surface area contributed by atoms with Crippen LogP contribution in [0.2, 0.25) is 0 Å². The number of hydrogen-bond donors (Lipinski definition) is 2. The number of amidine groups is 1. The molecule has 0 spiro atoms. The topological polar surface area (TPSA) is 114 Å². The number of carboxylic acid groups (broad SMARTS) is 1. The number of methoxy groups -OCH3 is 1. The van der Waals surface area contributed by atoms with E-state index in [1.54, 1.807) is 13.0 Å². The Hall–Kier alpha value is -2.90. The third-order valence-corrected chi connectivity index (χ3v) is 3.04. The van der Waals surface area contributed by atoms with Gasteiger partial charge in [0.15, 0.2) is 0 Å². The highest BCUT2D eigenvalue weighted by molar-refractivity contribution is 5.92. The predicted octanol–water partition coefficient (Wildman–Crippen LogP) is 1.60. The van der Waals surface area contributed by atoms with Crippen LogP contribution in [0.4, 0.5) is 5.69 Å². The summed E-state index contributed by atoms with van der Waals surface area (Å²) in [4.78, 5) is 25.9. The number of nitro groups is 1. The van der Waals surface area contributed by atoms with Gasteiger partial charge in [-0.3, -0.25) is 10.1 Å². The van der Waals surface area contributed by atoms with Crippen LogP contribution in [0.15, 0.2) is 40.5 Å². The number of non-ortho nitro benzene ring substituents is 1. The van der Waals surface area contributed by atoms with Gasteiger partial charge in [-0.15, -0.1) is 0 Å². The van der Waals surface area contributed by atoms with Crippen LogP contribution in [0.3, 0.4) is 0 Å². The number of ether oxygens (including phenoxy) is 1. The molecule has 1 aromatic carbocycles. The number of aliphatic imine (C=N–C) groups is 1. The SMILES string of the molecule is COC1=NC(c2cccc([N+](=O)[O-])c2)C(C(=O)O)=C(C)N1. The molecule has 8 heteroatoms. The van der Waals surface area contributed by atoms with Crippen LogP contribution < -0.4 is 5.32 Å². The predicted molar refractivity (Wildman–Crippen MR) is 73.8 cm³/mol. The monoisotopic (exact) mass is 291 g/mol. The lowest BCUT2D eigenvalue weighted by Gasteiger charge is -2.23. The first-order chi connectivity index (χ1) is 9.93. The van der Waals surface area contributed by atoms with E-state index in [-0.39, 0.29) is 17.3 Å². The van der Waals surface area contributed by atoms with Crippen molar-refractivity contribution < 1.29 is 19.6 Å². The molecule has 0 aliphatic carbocycles. The number of aliphatic carboxylic acids is 1. The number of benzene rings is 1. The maximum absolute atomic E-state index is 11.4. The lowest BCUT2D eigenvalue weighted by atomic mass is 9.96. The molecule has 8 nitrogen and oxygen atoms in total. The average Bonchev–Trinajstić information content (AvgIpc) is 2.45. The number of carbonyl (C=O) groups is 1. The van der Waals surface area contributed by atoms with Gasteiger partial charge < -0.3 is 15.2 Å². The Bertz CT molecular complexity index is 666. The summed E-state index contributed by atoms with van der Waals surface area (Å²) in [6.07, 6.45) is 0. The van der Waals surface area contributed by atoms with Crippen LogP contribution in [0.5, 0.6) is 0 Å². The molecule has 1 atom stereocenters. The molecule has 1 aliphatic heterocycles. The Morgan fingerprint density at radius 1 is 1.52 bits per heavy atom. The van der Waals surface area contributed by atoms with E-state index in [1.165, 1.54) is 25.3 Å². The first-order valence-electron chi connectivity index (χ1n) is 6.01. The van der Waals surface area contributed by atoms with Crippen LogP contribution in [0, 0.1) is 10.1 Å². The maximum Gasteiger partial charge on any atom is 0.335 e. The van der Waals surface area contributed by atoms with Gasteiger partial charge in [0, 0.05) is 17.8 Å². The molecule has 1 aliphatic rings. The summed E-state index contributed by atoms with van der Waals surface area (Å²) in [6.45, 7) is 1.58. The lowest BCUT2D eigenvalue weighted by Crippen LogP contribution is -2.32. The zero-order valence-corrected chi connectivity index (χ0v) is 11.4. The minimum absolute atomic E-state index is 0.0243. The van der Waals surface area contributed by atoms with Gasteiger partial charge in [0.2, 0.25) is 0 Å². The smallest absolute Gasteiger partial charge is 0.335 e. The van der Waals surface area contributed by atoms with Gasteiger partial charge >= 0.3 is 5.97 Å². The highest BCUT2D eigenvalue weighted by Gasteiger charge is 2.30. The molecule has 0 radical (unpaired) electrons. The Morgan fingerprint density at radius 2 is 2.24 bits per heavy atom. The van der Waals surface area contributed by atoms with Crippen molar-refractivity contribution in [1.29, 1.82) is 0 Å². The summed E-state index contributed by atoms with van der Waals surface area (Å²) in [7, 11) is 1.40. The fourth-order valence-corrected chi connectivity index (χ4v) is 2.08. The van der Waals surface area contributed by atoms with E-state index in [2.05, 4.69) is 10.3 Å². The number of hydrogen-bond acceptors (Lipinski definition) is 6. The molecular weight excluding hydrogens is 278 g/mol. The van der Waals surface area contributed by atoms with E-state index in [1.807, 2.05) is 0 Å². The van der Waals surface area contributed by atoms with E-state index >= 15 is 0 Å². The maximum atomic E-state index is 11.4. The van der Waals surface area contributed by atoms with E-state index in [0.29, 0.717) is 11.3 Å². The van der Waals surface area contributed by atoms with Crippen LogP contribution in [-0.2, 0) is 9.53 Å². The van der Waals surface area contributed by atoms with Crippen molar-refractivity contribution in [2.75, 3.05) is 7.11 Å². The van der Waals surface area contributed by atoms with Gasteiger partial charge in [0.1, 0.15) is 6.04 Å². The number of nitro benzene ring substituents is 1. The second kappa shape index (κ2) is 5.61. The minimum Gasteiger partial charge on any atom is -0.478 e. The number of carboxylic acids is 1. The Morgan fingerprint density at radius 3 is 2.81 bits per heavy atom.